The van der Waals surface area contributed by atoms with Crippen molar-refractivity contribution in [2.24, 2.45) is 0 Å². The van der Waals surface area contributed by atoms with Crippen LogP contribution in [0, 0.1) is 0 Å². The Morgan fingerprint density at radius 3 is 3.15 bits per heavy atom. The van der Waals surface area contributed by atoms with E-state index in [2.05, 4.69) is 10.3 Å². The maximum atomic E-state index is 5.82. The molecule has 1 fully saturated rings. The van der Waals surface area contributed by atoms with Gasteiger partial charge in [-0.05, 0) is 25.0 Å². The van der Waals surface area contributed by atoms with Crippen LogP contribution in [0.3, 0.4) is 0 Å². The van der Waals surface area contributed by atoms with Gasteiger partial charge in [0, 0.05) is 31.3 Å². The van der Waals surface area contributed by atoms with Crippen molar-refractivity contribution < 1.29 is 9.47 Å². The van der Waals surface area contributed by atoms with E-state index >= 15 is 0 Å². The molecule has 1 aromatic carbocycles. The zero-order valence-electron chi connectivity index (χ0n) is 11.5. The Balaban J connectivity index is 1.47. The molecule has 1 aliphatic heterocycles. The molecule has 0 aliphatic carbocycles. The highest BCUT2D eigenvalue weighted by Gasteiger charge is 2.14. The highest BCUT2D eigenvalue weighted by Crippen LogP contribution is 2.22. The normalized spacial score (nSPS) is 18.5. The summed E-state index contributed by atoms with van der Waals surface area (Å²) < 4.78 is 11.4. The number of pyridine rings is 1. The fraction of sp³-hybridized carbons (Fsp3) is 0.438. The molecule has 0 bridgehead atoms. The maximum absolute atomic E-state index is 5.82. The van der Waals surface area contributed by atoms with Crippen molar-refractivity contribution in [2.45, 2.75) is 18.9 Å². The lowest BCUT2D eigenvalue weighted by Crippen LogP contribution is -2.29. The Bertz CT molecular complexity index is 548. The Morgan fingerprint density at radius 1 is 1.30 bits per heavy atom. The smallest absolute Gasteiger partial charge is 0.145 e. The molecule has 1 N–H and O–H groups in total. The molecule has 3 rings (SSSR count). The Morgan fingerprint density at radius 2 is 2.25 bits per heavy atom. The van der Waals surface area contributed by atoms with Gasteiger partial charge in [0.25, 0.3) is 0 Å². The van der Waals surface area contributed by atoms with E-state index in [-0.39, 0.29) is 0 Å². The lowest BCUT2D eigenvalue weighted by atomic mass is 10.2. The monoisotopic (exact) mass is 272 g/mol. The van der Waals surface area contributed by atoms with Crippen LogP contribution in [0.1, 0.15) is 12.8 Å². The number of hydrogen-bond acceptors (Lipinski definition) is 4. The number of benzene rings is 1. The lowest BCUT2D eigenvalue weighted by molar-refractivity contribution is 0.109. The highest BCUT2D eigenvalue weighted by molar-refractivity contribution is 5.84. The average Bonchev–Trinajstić information content (AvgIpc) is 3.00. The summed E-state index contributed by atoms with van der Waals surface area (Å²) >= 11 is 0. The van der Waals surface area contributed by atoms with Gasteiger partial charge in [-0.25, -0.2) is 0 Å². The molecule has 20 heavy (non-hydrogen) atoms. The molecule has 4 nitrogen and oxygen atoms in total. The van der Waals surface area contributed by atoms with E-state index in [0.29, 0.717) is 12.7 Å². The van der Waals surface area contributed by atoms with Crippen LogP contribution in [-0.4, -0.2) is 37.4 Å². The largest absolute Gasteiger partial charge is 0.490 e. The molecule has 2 heterocycles. The molecule has 0 radical (unpaired) electrons. The third-order valence-electron chi connectivity index (χ3n) is 3.53. The zero-order chi connectivity index (χ0) is 13.6. The summed E-state index contributed by atoms with van der Waals surface area (Å²) in [7, 11) is 0. The summed E-state index contributed by atoms with van der Waals surface area (Å²) in [5.41, 5.74) is 0.925. The quantitative estimate of drug-likeness (QED) is 0.820. The topological polar surface area (TPSA) is 43.4 Å². The van der Waals surface area contributed by atoms with Gasteiger partial charge in [-0.15, -0.1) is 0 Å². The number of ether oxygens (including phenoxy) is 2. The van der Waals surface area contributed by atoms with E-state index in [1.165, 1.54) is 12.8 Å². The second kappa shape index (κ2) is 6.68. The van der Waals surface area contributed by atoms with E-state index in [1.807, 2.05) is 30.3 Å². The molecule has 1 aromatic heterocycles. The van der Waals surface area contributed by atoms with Gasteiger partial charge in [0.2, 0.25) is 0 Å². The number of rotatable bonds is 6. The number of fused-ring (bicyclic) bond motifs is 1. The highest BCUT2D eigenvalue weighted by atomic mass is 16.5. The molecule has 0 saturated carbocycles. The van der Waals surface area contributed by atoms with Crippen molar-refractivity contribution >= 4 is 10.9 Å². The minimum absolute atomic E-state index is 0.384. The summed E-state index contributed by atoms with van der Waals surface area (Å²) in [6.07, 6.45) is 4.53. The van der Waals surface area contributed by atoms with Crippen LogP contribution < -0.4 is 10.1 Å². The predicted octanol–water partition coefficient (Wildman–Crippen LogP) is 2.38. The molecular weight excluding hydrogens is 252 g/mol. The van der Waals surface area contributed by atoms with Gasteiger partial charge in [-0.2, -0.15) is 0 Å². The number of nitrogens with zero attached hydrogens (tertiary/aromatic N) is 1. The first kappa shape index (κ1) is 13.3. The van der Waals surface area contributed by atoms with Crippen LogP contribution in [0.4, 0.5) is 0 Å². The Hall–Kier alpha value is -1.65. The van der Waals surface area contributed by atoms with Crippen molar-refractivity contribution in [3.05, 3.63) is 36.5 Å². The van der Waals surface area contributed by atoms with E-state index in [9.17, 15) is 0 Å². The van der Waals surface area contributed by atoms with Crippen molar-refractivity contribution in [2.75, 3.05) is 26.3 Å². The summed E-state index contributed by atoms with van der Waals surface area (Å²) in [5, 5.41) is 4.48. The molecule has 1 atom stereocenters. The molecule has 0 amide bonds. The first-order valence-electron chi connectivity index (χ1n) is 7.22. The summed E-state index contributed by atoms with van der Waals surface area (Å²) in [5.74, 6) is 0.849. The van der Waals surface area contributed by atoms with Gasteiger partial charge < -0.3 is 14.8 Å². The first-order valence-corrected chi connectivity index (χ1v) is 7.22. The number of hydrogen-bond donors (Lipinski definition) is 1. The van der Waals surface area contributed by atoms with Gasteiger partial charge in [-0.3, -0.25) is 4.98 Å². The molecule has 0 spiro atoms. The number of nitrogens with one attached hydrogen (secondary N) is 1. The van der Waals surface area contributed by atoms with Crippen LogP contribution >= 0.6 is 0 Å². The maximum Gasteiger partial charge on any atom is 0.145 e. The van der Waals surface area contributed by atoms with Crippen LogP contribution in [-0.2, 0) is 4.74 Å². The van der Waals surface area contributed by atoms with Crippen molar-refractivity contribution in [1.29, 1.82) is 0 Å². The van der Waals surface area contributed by atoms with E-state index in [4.69, 9.17) is 9.47 Å². The van der Waals surface area contributed by atoms with Gasteiger partial charge in [0.05, 0.1) is 6.10 Å². The number of aromatic nitrogens is 1. The average molecular weight is 272 g/mol. The number of para-hydroxylation sites is 1. The van der Waals surface area contributed by atoms with E-state index in [1.54, 1.807) is 6.20 Å². The van der Waals surface area contributed by atoms with Crippen LogP contribution in [0.5, 0.6) is 5.75 Å². The minimum atomic E-state index is 0.384. The van der Waals surface area contributed by atoms with Crippen molar-refractivity contribution in [3.63, 3.8) is 0 Å². The standard InChI is InChI=1S/C16H20N2O2/c1-4-13-5-2-8-18-16(13)15(7-1)20-11-9-17-12-14-6-3-10-19-14/h1-2,4-5,7-8,14,17H,3,6,9-12H2. The Kier molecular flexibility index (Phi) is 4.46. The molecule has 1 unspecified atom stereocenters. The van der Waals surface area contributed by atoms with E-state index in [0.717, 1.165) is 36.3 Å². The third-order valence-corrected chi connectivity index (χ3v) is 3.53. The predicted molar refractivity (Wildman–Crippen MR) is 79.1 cm³/mol. The van der Waals surface area contributed by atoms with Gasteiger partial charge in [0.15, 0.2) is 0 Å². The van der Waals surface area contributed by atoms with Crippen molar-refractivity contribution in [3.8, 4) is 5.75 Å². The summed E-state index contributed by atoms with van der Waals surface area (Å²) in [6.45, 7) is 3.28. The second-order valence-corrected chi connectivity index (χ2v) is 5.02. The minimum Gasteiger partial charge on any atom is -0.490 e. The summed E-state index contributed by atoms with van der Waals surface area (Å²) in [4.78, 5) is 4.38. The third kappa shape index (κ3) is 3.26. The SMILES string of the molecule is c1cnc2c(OCCNCC3CCCO3)cccc2c1. The molecule has 2 aromatic rings. The first-order chi connectivity index (χ1) is 9.93. The van der Waals surface area contributed by atoms with Crippen molar-refractivity contribution in [1.82, 2.24) is 10.3 Å². The zero-order valence-corrected chi connectivity index (χ0v) is 11.5. The molecule has 4 heteroatoms. The fourth-order valence-corrected chi connectivity index (χ4v) is 2.49. The lowest BCUT2D eigenvalue weighted by Gasteiger charge is -2.12. The van der Waals surface area contributed by atoms with Crippen LogP contribution in [0.15, 0.2) is 36.5 Å². The Labute approximate surface area is 119 Å². The van der Waals surface area contributed by atoms with Gasteiger partial charge >= 0.3 is 0 Å². The molecular formula is C16H20N2O2. The van der Waals surface area contributed by atoms with Crippen LogP contribution in [0.2, 0.25) is 0 Å². The fourth-order valence-electron chi connectivity index (χ4n) is 2.49. The van der Waals surface area contributed by atoms with Crippen LogP contribution in [0.25, 0.3) is 10.9 Å². The van der Waals surface area contributed by atoms with Gasteiger partial charge in [0.1, 0.15) is 17.9 Å². The van der Waals surface area contributed by atoms with Gasteiger partial charge in [-0.1, -0.05) is 18.2 Å². The molecule has 106 valence electrons. The second-order valence-electron chi connectivity index (χ2n) is 5.02. The summed E-state index contributed by atoms with van der Waals surface area (Å²) in [6, 6.07) is 10.00. The van der Waals surface area contributed by atoms with E-state index < -0.39 is 0 Å². The molecule has 1 saturated heterocycles. The molecule has 1 aliphatic rings.